The lowest BCUT2D eigenvalue weighted by molar-refractivity contribution is 0.158. The molecule has 0 amide bonds. The lowest BCUT2D eigenvalue weighted by Gasteiger charge is -2.39. The van der Waals surface area contributed by atoms with Gasteiger partial charge < -0.3 is 5.11 Å². The van der Waals surface area contributed by atoms with Crippen LogP contribution in [0.3, 0.4) is 0 Å². The fraction of sp³-hybridized carbons (Fsp3) is 0.636. The summed E-state index contributed by atoms with van der Waals surface area (Å²) in [6.07, 6.45) is 4.45. The molecule has 0 saturated carbocycles. The molecular formula is C11H19NO3S. The van der Waals surface area contributed by atoms with Crippen molar-refractivity contribution < 1.29 is 13.5 Å². The molecule has 5 heteroatoms. The predicted molar refractivity (Wildman–Crippen MR) is 64.3 cm³/mol. The lowest BCUT2D eigenvalue weighted by atomic mass is 9.87. The molecule has 16 heavy (non-hydrogen) atoms. The molecule has 0 unspecified atom stereocenters. The molecule has 0 aromatic rings. The van der Waals surface area contributed by atoms with Crippen LogP contribution in [0.4, 0.5) is 0 Å². The summed E-state index contributed by atoms with van der Waals surface area (Å²) in [5.41, 5.74) is 1.73. The average Bonchev–Trinajstić information content (AvgIpc) is 2.27. The summed E-state index contributed by atoms with van der Waals surface area (Å²) < 4.78 is 23.9. The zero-order chi connectivity index (χ0) is 12.3. The van der Waals surface area contributed by atoms with E-state index in [1.165, 1.54) is 4.31 Å². The van der Waals surface area contributed by atoms with Gasteiger partial charge in [0.2, 0.25) is 10.9 Å². The van der Waals surface area contributed by atoms with Crippen LogP contribution in [0, 0.1) is 5.92 Å². The Balaban J connectivity index is 3.18. The van der Waals surface area contributed by atoms with Crippen molar-refractivity contribution in [1.29, 1.82) is 0 Å². The van der Waals surface area contributed by atoms with Crippen LogP contribution in [-0.2, 0) is 10.9 Å². The molecule has 1 saturated heterocycles. The van der Waals surface area contributed by atoms with Crippen molar-refractivity contribution in [3.8, 4) is 0 Å². The molecule has 2 atom stereocenters. The molecule has 0 radical (unpaired) electrons. The van der Waals surface area contributed by atoms with E-state index < -0.39 is 10.9 Å². The summed E-state index contributed by atoms with van der Waals surface area (Å²) in [5.74, 6) is -0.0252. The Morgan fingerprint density at radius 2 is 2.06 bits per heavy atom. The largest absolute Gasteiger partial charge is 0.396 e. The molecule has 0 spiro atoms. The number of rotatable bonds is 2. The van der Waals surface area contributed by atoms with Gasteiger partial charge in [0.15, 0.2) is 0 Å². The summed E-state index contributed by atoms with van der Waals surface area (Å²) in [7, 11) is -2.65. The van der Waals surface area contributed by atoms with Crippen LogP contribution < -0.4 is 0 Å². The smallest absolute Gasteiger partial charge is 0.225 e. The van der Waals surface area contributed by atoms with E-state index in [-0.39, 0.29) is 18.6 Å². The Morgan fingerprint density at radius 3 is 2.44 bits per heavy atom. The van der Waals surface area contributed by atoms with Gasteiger partial charge in [0, 0.05) is 18.6 Å². The van der Waals surface area contributed by atoms with Gasteiger partial charge in [-0.2, -0.15) is 0 Å². The highest BCUT2D eigenvalue weighted by Crippen LogP contribution is 2.34. The fourth-order valence-corrected chi connectivity index (χ4v) is 3.07. The van der Waals surface area contributed by atoms with Crippen LogP contribution in [0.2, 0.25) is 0 Å². The highest BCUT2D eigenvalue weighted by atomic mass is 32.2. The maximum absolute atomic E-state index is 11.3. The van der Waals surface area contributed by atoms with E-state index in [9.17, 15) is 13.5 Å². The van der Waals surface area contributed by atoms with Gasteiger partial charge in [-0.15, -0.1) is 0 Å². The van der Waals surface area contributed by atoms with Crippen LogP contribution in [-0.4, -0.2) is 30.5 Å². The maximum Gasteiger partial charge on any atom is 0.225 e. The van der Waals surface area contributed by atoms with E-state index in [0.29, 0.717) is 0 Å². The minimum atomic E-state index is -2.65. The fourth-order valence-electron chi connectivity index (χ4n) is 2.16. The van der Waals surface area contributed by atoms with Crippen LogP contribution >= 0.6 is 0 Å². The molecule has 1 aliphatic heterocycles. The SMILES string of the molecule is C/C=C1/C[C@@H](CO)[C@@H](C)N([SH](=O)=O)/C1=C/C. The molecule has 0 aromatic heterocycles. The van der Waals surface area contributed by atoms with Gasteiger partial charge in [-0.3, -0.25) is 4.31 Å². The number of allylic oxidation sites excluding steroid dienone is 3. The molecule has 1 heterocycles. The lowest BCUT2D eigenvalue weighted by Crippen LogP contribution is -2.43. The second kappa shape index (κ2) is 5.50. The monoisotopic (exact) mass is 245 g/mol. The van der Waals surface area contributed by atoms with Crippen molar-refractivity contribution in [3.05, 3.63) is 23.4 Å². The van der Waals surface area contributed by atoms with E-state index in [1.807, 2.05) is 32.9 Å². The Hall–Kier alpha value is -0.810. The number of aliphatic hydroxyl groups is 1. The molecule has 1 fully saturated rings. The van der Waals surface area contributed by atoms with Crippen molar-refractivity contribution in [3.63, 3.8) is 0 Å². The summed E-state index contributed by atoms with van der Waals surface area (Å²) in [4.78, 5) is 0. The quantitative estimate of drug-likeness (QED) is 0.715. The summed E-state index contributed by atoms with van der Waals surface area (Å²) in [6.45, 7) is 5.56. The predicted octanol–water partition coefficient (Wildman–Crippen LogP) is 1.07. The first kappa shape index (κ1) is 13.3. The number of thiol groups is 1. The molecule has 0 aromatic carbocycles. The third-order valence-corrected chi connectivity index (χ3v) is 4.09. The molecular weight excluding hydrogens is 226 g/mol. The van der Waals surface area contributed by atoms with Crippen LogP contribution in [0.1, 0.15) is 27.2 Å². The summed E-state index contributed by atoms with van der Waals surface area (Å²) in [6, 6.07) is -0.180. The molecule has 1 aliphatic rings. The van der Waals surface area contributed by atoms with Crippen LogP contribution in [0.15, 0.2) is 23.4 Å². The molecule has 0 bridgehead atoms. The standard InChI is InChI=1S/C11H19NO3S/c1-4-9-6-10(7-13)8(3)12(16(14)15)11(9)5-2/h4-5,8,10,13,16H,6-7H2,1-3H3/b9-4-,11-5+/t8-,10+/m1/s1. The first-order valence-electron chi connectivity index (χ1n) is 5.43. The highest BCUT2D eigenvalue weighted by Gasteiger charge is 2.33. The minimum absolute atomic E-state index is 0.00910. The third-order valence-electron chi connectivity index (χ3n) is 3.16. The second-order valence-electron chi connectivity index (χ2n) is 3.96. The van der Waals surface area contributed by atoms with Gasteiger partial charge in [-0.25, -0.2) is 8.42 Å². The second-order valence-corrected chi connectivity index (χ2v) is 4.86. The Kier molecular flexibility index (Phi) is 4.56. The molecule has 1 N–H and O–H groups in total. The van der Waals surface area contributed by atoms with Gasteiger partial charge in [0.25, 0.3) is 0 Å². The van der Waals surface area contributed by atoms with E-state index in [4.69, 9.17) is 0 Å². The first-order valence-corrected chi connectivity index (χ1v) is 6.56. The minimum Gasteiger partial charge on any atom is -0.396 e. The molecule has 0 aliphatic carbocycles. The number of nitrogens with zero attached hydrogens (tertiary/aromatic N) is 1. The number of hydrogen-bond donors (Lipinski definition) is 2. The first-order chi connectivity index (χ1) is 7.56. The maximum atomic E-state index is 11.3. The highest BCUT2D eigenvalue weighted by molar-refractivity contribution is 7.70. The van der Waals surface area contributed by atoms with Crippen molar-refractivity contribution in [2.75, 3.05) is 6.61 Å². The molecule has 92 valence electrons. The van der Waals surface area contributed by atoms with Gasteiger partial charge in [-0.1, -0.05) is 12.2 Å². The van der Waals surface area contributed by atoms with Crippen molar-refractivity contribution in [2.45, 2.75) is 33.2 Å². The van der Waals surface area contributed by atoms with Crippen LogP contribution in [0.5, 0.6) is 0 Å². The number of aliphatic hydroxyl groups excluding tert-OH is 1. The van der Waals surface area contributed by atoms with Gasteiger partial charge in [0.05, 0.1) is 5.70 Å². The van der Waals surface area contributed by atoms with E-state index >= 15 is 0 Å². The topological polar surface area (TPSA) is 57.6 Å². The van der Waals surface area contributed by atoms with E-state index in [1.54, 1.807) is 0 Å². The van der Waals surface area contributed by atoms with E-state index in [2.05, 4.69) is 0 Å². The Bertz CT molecular complexity index is 377. The number of hydrogen-bond acceptors (Lipinski definition) is 3. The number of piperidine rings is 1. The summed E-state index contributed by atoms with van der Waals surface area (Å²) >= 11 is 0. The third kappa shape index (κ3) is 2.30. The summed E-state index contributed by atoms with van der Waals surface area (Å²) in [5, 5.41) is 9.26. The van der Waals surface area contributed by atoms with Crippen molar-refractivity contribution >= 4 is 10.9 Å². The zero-order valence-corrected chi connectivity index (χ0v) is 10.8. The normalized spacial score (nSPS) is 31.7. The Morgan fingerprint density at radius 1 is 1.44 bits per heavy atom. The van der Waals surface area contributed by atoms with Crippen molar-refractivity contribution in [2.24, 2.45) is 5.92 Å². The van der Waals surface area contributed by atoms with Gasteiger partial charge in [-0.05, 0) is 32.8 Å². The zero-order valence-electron chi connectivity index (χ0n) is 9.88. The van der Waals surface area contributed by atoms with Crippen LogP contribution in [0.25, 0.3) is 0 Å². The molecule has 4 nitrogen and oxygen atoms in total. The van der Waals surface area contributed by atoms with E-state index in [0.717, 1.165) is 17.7 Å². The van der Waals surface area contributed by atoms with Gasteiger partial charge in [0.1, 0.15) is 0 Å². The van der Waals surface area contributed by atoms with Gasteiger partial charge >= 0.3 is 0 Å². The van der Waals surface area contributed by atoms with Crippen molar-refractivity contribution in [1.82, 2.24) is 4.31 Å². The Labute approximate surface area is 98.4 Å². The molecule has 1 rings (SSSR count). The average molecular weight is 245 g/mol.